The molecule has 1 aromatic carbocycles. The van der Waals surface area contributed by atoms with Crippen molar-refractivity contribution in [1.82, 2.24) is 0 Å². The van der Waals surface area contributed by atoms with E-state index in [4.69, 9.17) is 9.47 Å². The Kier molecular flexibility index (Phi) is 5.74. The van der Waals surface area contributed by atoms with E-state index in [9.17, 15) is 9.59 Å². The monoisotopic (exact) mass is 314 g/mol. The second kappa shape index (κ2) is 7.77. The first-order chi connectivity index (χ1) is 11.0. The van der Waals surface area contributed by atoms with E-state index >= 15 is 0 Å². The Morgan fingerprint density at radius 1 is 1.09 bits per heavy atom. The molecule has 0 atom stereocenters. The molecule has 23 heavy (non-hydrogen) atoms. The minimum absolute atomic E-state index is 0.270. The van der Waals surface area contributed by atoms with E-state index in [1.54, 1.807) is 24.3 Å². The maximum Gasteiger partial charge on any atom is 0.347 e. The van der Waals surface area contributed by atoms with E-state index in [1.165, 1.54) is 0 Å². The number of carbonyl (C=O) groups is 2. The van der Waals surface area contributed by atoms with Gasteiger partial charge in [0.15, 0.2) is 0 Å². The molecule has 0 aliphatic carbocycles. The third kappa shape index (κ3) is 4.31. The van der Waals surface area contributed by atoms with E-state index in [1.807, 2.05) is 26.0 Å². The molecule has 4 heteroatoms. The van der Waals surface area contributed by atoms with Crippen molar-refractivity contribution in [3.05, 3.63) is 47.6 Å². The summed E-state index contributed by atoms with van der Waals surface area (Å²) in [6.45, 7) is 6.58. The molecule has 0 spiro atoms. The van der Waals surface area contributed by atoms with Crippen LogP contribution in [0.1, 0.15) is 39.2 Å². The highest BCUT2D eigenvalue weighted by Gasteiger charge is 2.33. The van der Waals surface area contributed by atoms with E-state index in [2.05, 4.69) is 6.92 Å². The van der Waals surface area contributed by atoms with Crippen LogP contribution in [0.25, 0.3) is 5.57 Å². The summed E-state index contributed by atoms with van der Waals surface area (Å²) in [5.41, 5.74) is 1.53. The Balaban J connectivity index is 2.19. The van der Waals surface area contributed by atoms with Crippen LogP contribution in [0.4, 0.5) is 0 Å². The molecule has 122 valence electrons. The Hall–Kier alpha value is -2.36. The van der Waals surface area contributed by atoms with Crippen LogP contribution in [0.2, 0.25) is 0 Å². The van der Waals surface area contributed by atoms with Crippen molar-refractivity contribution in [1.29, 1.82) is 0 Å². The summed E-state index contributed by atoms with van der Waals surface area (Å²) in [6.07, 6.45) is 5.51. The van der Waals surface area contributed by atoms with Gasteiger partial charge in [-0.05, 0) is 36.5 Å². The second-order valence-corrected chi connectivity index (χ2v) is 5.84. The van der Waals surface area contributed by atoms with Gasteiger partial charge < -0.3 is 9.47 Å². The van der Waals surface area contributed by atoms with Crippen molar-refractivity contribution in [3.8, 4) is 5.75 Å². The molecule has 0 saturated heterocycles. The minimum Gasteiger partial charge on any atom is -0.490 e. The maximum atomic E-state index is 12.0. The van der Waals surface area contributed by atoms with E-state index in [0.29, 0.717) is 29.7 Å². The minimum atomic E-state index is -0.565. The van der Waals surface area contributed by atoms with Gasteiger partial charge in [-0.1, -0.05) is 45.1 Å². The summed E-state index contributed by atoms with van der Waals surface area (Å²) < 4.78 is 10.4. The molecule has 0 aromatic heterocycles. The highest BCUT2D eigenvalue weighted by molar-refractivity contribution is 6.30. The Morgan fingerprint density at radius 3 is 2.39 bits per heavy atom. The predicted molar refractivity (Wildman–Crippen MR) is 88.8 cm³/mol. The van der Waals surface area contributed by atoms with Gasteiger partial charge in [-0.25, -0.2) is 9.59 Å². The van der Waals surface area contributed by atoms with Crippen LogP contribution in [0, 0.1) is 5.92 Å². The molecule has 1 aromatic rings. The van der Waals surface area contributed by atoms with Crippen molar-refractivity contribution in [2.24, 2.45) is 5.92 Å². The van der Waals surface area contributed by atoms with Gasteiger partial charge in [0.1, 0.15) is 12.4 Å². The van der Waals surface area contributed by atoms with Crippen LogP contribution in [-0.4, -0.2) is 18.5 Å². The second-order valence-electron chi connectivity index (χ2n) is 5.84. The largest absolute Gasteiger partial charge is 0.490 e. The Labute approximate surface area is 136 Å². The first-order valence-corrected chi connectivity index (χ1v) is 7.90. The van der Waals surface area contributed by atoms with Crippen LogP contribution in [0.15, 0.2) is 42.0 Å². The number of esters is 2. The molecule has 0 radical (unpaired) electrons. The smallest absolute Gasteiger partial charge is 0.347 e. The van der Waals surface area contributed by atoms with Gasteiger partial charge in [0, 0.05) is 0 Å². The number of ether oxygens (including phenoxy) is 2. The lowest BCUT2D eigenvalue weighted by Gasteiger charge is -2.07. The zero-order valence-electron chi connectivity index (χ0n) is 13.8. The first kappa shape index (κ1) is 17.0. The van der Waals surface area contributed by atoms with Gasteiger partial charge in [0.2, 0.25) is 0 Å². The van der Waals surface area contributed by atoms with Crippen LogP contribution >= 0.6 is 0 Å². The summed E-state index contributed by atoms with van der Waals surface area (Å²) in [4.78, 5) is 23.8. The van der Waals surface area contributed by atoms with Gasteiger partial charge in [0.05, 0.1) is 11.1 Å². The normalized spacial score (nSPS) is 15.0. The fraction of sp³-hybridized carbons (Fsp3) is 0.368. The fourth-order valence-corrected chi connectivity index (χ4v) is 2.40. The Morgan fingerprint density at radius 2 is 1.78 bits per heavy atom. The number of hydrogen-bond donors (Lipinski definition) is 0. The molecule has 0 unspecified atom stereocenters. The quantitative estimate of drug-likeness (QED) is 0.435. The van der Waals surface area contributed by atoms with Crippen LogP contribution in [0.5, 0.6) is 5.75 Å². The summed E-state index contributed by atoms with van der Waals surface area (Å²) in [7, 11) is 0. The number of carbonyl (C=O) groups excluding carboxylic acids is 2. The highest BCUT2D eigenvalue weighted by Crippen LogP contribution is 2.31. The zero-order valence-corrected chi connectivity index (χ0v) is 13.8. The van der Waals surface area contributed by atoms with Gasteiger partial charge in [-0.3, -0.25) is 0 Å². The van der Waals surface area contributed by atoms with Gasteiger partial charge in [-0.2, -0.15) is 0 Å². The van der Waals surface area contributed by atoms with Gasteiger partial charge in [0.25, 0.3) is 0 Å². The van der Waals surface area contributed by atoms with E-state index in [-0.39, 0.29) is 5.92 Å². The lowest BCUT2D eigenvalue weighted by Crippen LogP contribution is -2.03. The van der Waals surface area contributed by atoms with Crippen molar-refractivity contribution < 1.29 is 19.1 Å². The standard InChI is InChI=1S/C19H22O4/c1-4-5-6-11-22-15-9-7-14(8-10-15)17-16(12-13(2)3)18(20)23-19(17)21/h5-10,13H,4,11-12H2,1-3H3. The lowest BCUT2D eigenvalue weighted by molar-refractivity contribution is -0.150. The maximum absolute atomic E-state index is 12.0. The predicted octanol–water partition coefficient (Wildman–Crippen LogP) is 3.91. The average molecular weight is 314 g/mol. The molecule has 1 aliphatic heterocycles. The summed E-state index contributed by atoms with van der Waals surface area (Å²) in [5, 5.41) is 0. The average Bonchev–Trinajstić information content (AvgIpc) is 2.78. The molecule has 1 aliphatic rings. The number of cyclic esters (lactones) is 2. The van der Waals surface area contributed by atoms with Crippen LogP contribution in [0.3, 0.4) is 0 Å². The summed E-state index contributed by atoms with van der Waals surface area (Å²) in [5.74, 6) is -0.0986. The SMILES string of the molecule is CCC=CCOc1ccc(C2=C(CC(C)C)C(=O)OC2=O)cc1. The van der Waals surface area contributed by atoms with Crippen molar-refractivity contribution in [2.45, 2.75) is 33.6 Å². The number of rotatable bonds is 7. The molecule has 4 nitrogen and oxygen atoms in total. The van der Waals surface area contributed by atoms with Crippen molar-refractivity contribution in [3.63, 3.8) is 0 Å². The number of hydrogen-bond acceptors (Lipinski definition) is 4. The molecule has 0 bridgehead atoms. The molecule has 0 amide bonds. The summed E-state index contributed by atoms with van der Waals surface area (Å²) >= 11 is 0. The molecule has 0 N–H and O–H groups in total. The molecule has 1 heterocycles. The zero-order chi connectivity index (χ0) is 16.8. The third-order valence-corrected chi connectivity index (χ3v) is 3.44. The van der Waals surface area contributed by atoms with Gasteiger partial charge in [-0.15, -0.1) is 0 Å². The van der Waals surface area contributed by atoms with Crippen molar-refractivity contribution in [2.75, 3.05) is 6.61 Å². The fourth-order valence-electron chi connectivity index (χ4n) is 2.40. The number of allylic oxidation sites excluding steroid dienone is 1. The van der Waals surface area contributed by atoms with Crippen molar-refractivity contribution >= 4 is 17.5 Å². The molecular formula is C19H22O4. The molecular weight excluding hydrogens is 292 g/mol. The van der Waals surface area contributed by atoms with Crippen LogP contribution < -0.4 is 4.74 Å². The first-order valence-electron chi connectivity index (χ1n) is 7.90. The highest BCUT2D eigenvalue weighted by atomic mass is 16.6. The van der Waals surface area contributed by atoms with Crippen LogP contribution in [-0.2, 0) is 14.3 Å². The van der Waals surface area contributed by atoms with E-state index < -0.39 is 11.9 Å². The topological polar surface area (TPSA) is 52.6 Å². The van der Waals surface area contributed by atoms with E-state index in [0.717, 1.165) is 12.2 Å². The Bertz CT molecular complexity index is 636. The molecule has 2 rings (SSSR count). The third-order valence-electron chi connectivity index (χ3n) is 3.44. The molecule has 0 saturated carbocycles. The lowest BCUT2D eigenvalue weighted by atomic mass is 9.95. The van der Waals surface area contributed by atoms with Gasteiger partial charge >= 0.3 is 11.9 Å². The summed E-state index contributed by atoms with van der Waals surface area (Å²) in [6, 6.07) is 7.17. The number of benzene rings is 1. The molecule has 0 fully saturated rings.